The summed E-state index contributed by atoms with van der Waals surface area (Å²) in [7, 11) is 9.89. The van der Waals surface area contributed by atoms with Gasteiger partial charge in [-0.1, -0.05) is 64.7 Å². The summed E-state index contributed by atoms with van der Waals surface area (Å²) in [4.78, 5) is 0. The third kappa shape index (κ3) is 10.1. The maximum Gasteiger partial charge on any atom is 0.338 e. The second-order valence-electron chi connectivity index (χ2n) is 7.09. The smallest absolute Gasteiger partial charge is 0.338 e. The van der Waals surface area contributed by atoms with Crippen molar-refractivity contribution < 1.29 is 14.0 Å². The van der Waals surface area contributed by atoms with Crippen molar-refractivity contribution in [2.45, 2.75) is 77.6 Å². The standard InChI is InChI=1S/C19H40NO2/c1-7-8-9-10-11-12-13-14-15-16-17-18(20(2,3)4)19(21-5)22-6/h7-17H2,1-6H3/q+1. The molecule has 0 N–H and O–H groups in total. The zero-order valence-electron chi connectivity index (χ0n) is 16.0. The van der Waals surface area contributed by atoms with E-state index >= 15 is 0 Å². The Balaban J connectivity index is 3.85. The number of hydrogen-bond acceptors (Lipinski definition) is 2. The first-order valence-electron chi connectivity index (χ1n) is 9.10. The molecule has 3 heteroatoms. The maximum absolute atomic E-state index is 5.37. The van der Waals surface area contributed by atoms with Gasteiger partial charge in [-0.2, -0.15) is 0 Å². The van der Waals surface area contributed by atoms with Gasteiger partial charge in [0.05, 0.1) is 35.4 Å². The third-order valence-electron chi connectivity index (χ3n) is 4.18. The highest BCUT2D eigenvalue weighted by Crippen LogP contribution is 2.22. The van der Waals surface area contributed by atoms with Crippen LogP contribution >= 0.6 is 0 Å². The predicted molar refractivity (Wildman–Crippen MR) is 95.5 cm³/mol. The molecule has 0 fully saturated rings. The van der Waals surface area contributed by atoms with Crippen LogP contribution in [0.15, 0.2) is 11.6 Å². The molecule has 0 aliphatic heterocycles. The highest BCUT2D eigenvalue weighted by atomic mass is 16.7. The largest absolute Gasteiger partial charge is 0.465 e. The number of hydrogen-bond donors (Lipinski definition) is 0. The van der Waals surface area contributed by atoms with E-state index in [0.717, 1.165) is 10.9 Å². The van der Waals surface area contributed by atoms with E-state index in [-0.39, 0.29) is 0 Å². The molecule has 0 aliphatic rings. The summed E-state index contributed by atoms with van der Waals surface area (Å²) in [5.41, 5.74) is 1.24. The van der Waals surface area contributed by atoms with Gasteiger partial charge in [0.2, 0.25) is 0 Å². The average Bonchev–Trinajstić information content (AvgIpc) is 2.47. The predicted octanol–water partition coefficient (Wildman–Crippen LogP) is 5.47. The summed E-state index contributed by atoms with van der Waals surface area (Å²) >= 11 is 0. The number of rotatable bonds is 14. The van der Waals surface area contributed by atoms with Crippen molar-refractivity contribution in [1.29, 1.82) is 0 Å². The van der Waals surface area contributed by atoms with E-state index in [0.29, 0.717) is 5.95 Å². The second kappa shape index (κ2) is 12.8. The lowest BCUT2D eigenvalue weighted by Gasteiger charge is -2.27. The number of methoxy groups -OCH3 is 2. The Hall–Kier alpha value is -0.700. The molecule has 0 heterocycles. The summed E-state index contributed by atoms with van der Waals surface area (Å²) in [6, 6.07) is 0. The third-order valence-corrected chi connectivity index (χ3v) is 4.18. The van der Waals surface area contributed by atoms with E-state index in [4.69, 9.17) is 9.47 Å². The Morgan fingerprint density at radius 1 is 0.682 bits per heavy atom. The first-order valence-corrected chi connectivity index (χ1v) is 9.10. The molecule has 132 valence electrons. The first-order chi connectivity index (χ1) is 10.5. The lowest BCUT2D eigenvalue weighted by molar-refractivity contribution is -0.834. The maximum atomic E-state index is 5.37. The van der Waals surface area contributed by atoms with Gasteiger partial charge in [0.1, 0.15) is 0 Å². The molecule has 0 aromatic rings. The molecule has 0 radical (unpaired) electrons. The van der Waals surface area contributed by atoms with Gasteiger partial charge in [-0.05, 0) is 6.42 Å². The minimum atomic E-state index is 0.684. The number of quaternary nitrogens is 1. The van der Waals surface area contributed by atoms with E-state index in [9.17, 15) is 0 Å². The van der Waals surface area contributed by atoms with Crippen LogP contribution in [-0.2, 0) is 9.47 Å². The molecule has 0 aliphatic carbocycles. The molecular weight excluding hydrogens is 274 g/mol. The number of allylic oxidation sites excluding steroid dienone is 1. The van der Waals surface area contributed by atoms with Gasteiger partial charge in [-0.3, -0.25) is 4.48 Å². The second-order valence-corrected chi connectivity index (χ2v) is 7.09. The van der Waals surface area contributed by atoms with Crippen molar-refractivity contribution in [3.63, 3.8) is 0 Å². The van der Waals surface area contributed by atoms with Gasteiger partial charge in [-0.25, -0.2) is 0 Å². The van der Waals surface area contributed by atoms with Crippen molar-refractivity contribution in [2.75, 3.05) is 35.4 Å². The van der Waals surface area contributed by atoms with Crippen LogP contribution in [0.3, 0.4) is 0 Å². The Morgan fingerprint density at radius 2 is 1.09 bits per heavy atom. The first kappa shape index (κ1) is 21.3. The summed E-state index contributed by atoms with van der Waals surface area (Å²) in [6.45, 7) is 2.28. The summed E-state index contributed by atoms with van der Waals surface area (Å²) in [6.07, 6.45) is 14.7. The van der Waals surface area contributed by atoms with Crippen molar-refractivity contribution in [2.24, 2.45) is 0 Å². The quantitative estimate of drug-likeness (QED) is 0.240. The fraction of sp³-hybridized carbons (Fsp3) is 0.895. The van der Waals surface area contributed by atoms with Crippen LogP contribution in [0.25, 0.3) is 0 Å². The molecule has 0 aromatic heterocycles. The van der Waals surface area contributed by atoms with E-state index in [1.165, 1.54) is 69.9 Å². The van der Waals surface area contributed by atoms with Crippen molar-refractivity contribution in [3.05, 3.63) is 11.6 Å². The summed E-state index contributed by atoms with van der Waals surface area (Å²) in [5.74, 6) is 0.684. The van der Waals surface area contributed by atoms with Crippen LogP contribution in [0.2, 0.25) is 0 Å². The van der Waals surface area contributed by atoms with Crippen LogP contribution < -0.4 is 0 Å². The Bertz CT molecular complexity index is 286. The SMILES string of the molecule is CCCCCCCCCCCCC(=C(OC)OC)[N+](C)(C)C. The molecule has 0 amide bonds. The van der Waals surface area contributed by atoms with Crippen LogP contribution in [-0.4, -0.2) is 39.8 Å². The zero-order valence-corrected chi connectivity index (χ0v) is 16.0. The minimum Gasteiger partial charge on any atom is -0.465 e. The zero-order chi connectivity index (χ0) is 16.8. The van der Waals surface area contributed by atoms with Crippen LogP contribution in [0.4, 0.5) is 0 Å². The van der Waals surface area contributed by atoms with Crippen molar-refractivity contribution in [1.82, 2.24) is 0 Å². The lowest BCUT2D eigenvalue weighted by Crippen LogP contribution is -2.35. The van der Waals surface area contributed by atoms with Crippen LogP contribution in [0, 0.1) is 0 Å². The fourth-order valence-electron chi connectivity index (χ4n) is 2.81. The molecule has 3 nitrogen and oxygen atoms in total. The Morgan fingerprint density at radius 3 is 1.45 bits per heavy atom. The molecule has 0 atom stereocenters. The summed E-state index contributed by atoms with van der Waals surface area (Å²) < 4.78 is 11.5. The van der Waals surface area contributed by atoms with E-state index in [1.54, 1.807) is 14.2 Å². The van der Waals surface area contributed by atoms with Crippen molar-refractivity contribution in [3.8, 4) is 0 Å². The van der Waals surface area contributed by atoms with Crippen LogP contribution in [0.5, 0.6) is 0 Å². The molecule has 0 unspecified atom stereocenters. The van der Waals surface area contributed by atoms with E-state index < -0.39 is 0 Å². The van der Waals surface area contributed by atoms with E-state index in [1.807, 2.05) is 0 Å². The Kier molecular flexibility index (Phi) is 12.4. The van der Waals surface area contributed by atoms with Gasteiger partial charge >= 0.3 is 5.95 Å². The van der Waals surface area contributed by atoms with Gasteiger partial charge < -0.3 is 9.47 Å². The van der Waals surface area contributed by atoms with Crippen LogP contribution in [0.1, 0.15) is 77.6 Å². The molecule has 0 bridgehead atoms. The summed E-state index contributed by atoms with van der Waals surface area (Å²) in [5, 5.41) is 0. The number of ether oxygens (including phenoxy) is 2. The van der Waals surface area contributed by atoms with Crippen molar-refractivity contribution >= 4 is 0 Å². The Labute approximate surface area is 139 Å². The highest BCUT2D eigenvalue weighted by Gasteiger charge is 2.23. The van der Waals surface area contributed by atoms with Gasteiger partial charge in [0.15, 0.2) is 5.70 Å². The van der Waals surface area contributed by atoms with Gasteiger partial charge in [0, 0.05) is 6.42 Å². The molecule has 0 saturated carbocycles. The van der Waals surface area contributed by atoms with Gasteiger partial charge in [-0.15, -0.1) is 0 Å². The topological polar surface area (TPSA) is 18.5 Å². The molecule has 0 aromatic carbocycles. The van der Waals surface area contributed by atoms with E-state index in [2.05, 4.69) is 28.1 Å². The fourth-order valence-corrected chi connectivity index (χ4v) is 2.81. The number of unbranched alkanes of at least 4 members (excludes halogenated alkanes) is 9. The molecule has 0 rings (SSSR count). The lowest BCUT2D eigenvalue weighted by atomic mass is 10.0. The average molecular weight is 315 g/mol. The monoisotopic (exact) mass is 314 g/mol. The van der Waals surface area contributed by atoms with Gasteiger partial charge in [0.25, 0.3) is 0 Å². The highest BCUT2D eigenvalue weighted by molar-refractivity contribution is 4.94. The minimum absolute atomic E-state index is 0.684. The normalized spacial score (nSPS) is 11.4. The number of nitrogens with zero attached hydrogens (tertiary/aromatic N) is 1. The molecule has 0 spiro atoms. The molecule has 22 heavy (non-hydrogen) atoms. The molecular formula is C19H40NO2+. The molecule has 0 saturated heterocycles.